The second-order valence-corrected chi connectivity index (χ2v) is 5.11. The van der Waals surface area contributed by atoms with Crippen LogP contribution in [0.2, 0.25) is 0 Å². The summed E-state index contributed by atoms with van der Waals surface area (Å²) in [5.74, 6) is 0.564. The summed E-state index contributed by atoms with van der Waals surface area (Å²) < 4.78 is 0. The van der Waals surface area contributed by atoms with Gasteiger partial charge in [0.05, 0.1) is 5.60 Å². The van der Waals surface area contributed by atoms with E-state index in [4.69, 9.17) is 0 Å². The Hall–Kier alpha value is -0.820. The molecule has 1 N–H and O–H groups in total. The normalized spacial score (nSPS) is 19.0. The van der Waals surface area contributed by atoms with E-state index in [1.807, 2.05) is 0 Å². The van der Waals surface area contributed by atoms with Crippen molar-refractivity contribution in [3.63, 3.8) is 0 Å². The molecule has 0 spiro atoms. The minimum atomic E-state index is -0.514. The Kier molecular flexibility index (Phi) is 2.59. The predicted molar refractivity (Wildman–Crippen MR) is 63.0 cm³/mol. The van der Waals surface area contributed by atoms with E-state index >= 15 is 0 Å². The highest BCUT2D eigenvalue weighted by Crippen LogP contribution is 2.42. The quantitative estimate of drug-likeness (QED) is 0.781. The Morgan fingerprint density at radius 1 is 1.27 bits per heavy atom. The van der Waals surface area contributed by atoms with Crippen LogP contribution in [0, 0.1) is 6.92 Å². The van der Waals surface area contributed by atoms with Crippen LogP contribution < -0.4 is 0 Å². The van der Waals surface area contributed by atoms with Gasteiger partial charge in [-0.1, -0.05) is 32.0 Å². The Labute approximate surface area is 92.1 Å². The third-order valence-corrected chi connectivity index (χ3v) is 3.60. The summed E-state index contributed by atoms with van der Waals surface area (Å²) in [4.78, 5) is 0. The highest BCUT2D eigenvalue weighted by Gasteiger charge is 2.37. The van der Waals surface area contributed by atoms with Gasteiger partial charge in [0.2, 0.25) is 0 Å². The van der Waals surface area contributed by atoms with E-state index in [-0.39, 0.29) is 0 Å². The van der Waals surface area contributed by atoms with E-state index in [0.717, 1.165) is 24.8 Å². The summed E-state index contributed by atoms with van der Waals surface area (Å²) in [5, 5.41) is 10.3. The average Bonchev–Trinajstić information content (AvgIpc) is 2.14. The second kappa shape index (κ2) is 3.64. The molecule has 0 radical (unpaired) electrons. The molecule has 1 aliphatic rings. The van der Waals surface area contributed by atoms with E-state index in [0.29, 0.717) is 5.92 Å². The third-order valence-electron chi connectivity index (χ3n) is 3.60. The summed E-state index contributed by atoms with van der Waals surface area (Å²) >= 11 is 0. The van der Waals surface area contributed by atoms with Gasteiger partial charge in [0, 0.05) is 0 Å². The zero-order valence-corrected chi connectivity index (χ0v) is 9.88. The molecule has 0 bridgehead atoms. The van der Waals surface area contributed by atoms with Crippen molar-refractivity contribution in [3.05, 3.63) is 34.9 Å². The number of hydrogen-bond donors (Lipinski definition) is 1. The number of aryl methyl sites for hydroxylation is 1. The van der Waals surface area contributed by atoms with Gasteiger partial charge in [-0.15, -0.1) is 0 Å². The highest BCUT2D eigenvalue weighted by atomic mass is 16.3. The SMILES string of the molecule is Cc1cc(C(C)C)ccc1C1(O)CCC1. The lowest BCUT2D eigenvalue weighted by molar-refractivity contribution is -0.0393. The number of benzene rings is 1. The molecule has 0 atom stereocenters. The van der Waals surface area contributed by atoms with Crippen LogP contribution in [0.5, 0.6) is 0 Å². The maximum Gasteiger partial charge on any atom is 0.0899 e. The highest BCUT2D eigenvalue weighted by molar-refractivity contribution is 5.37. The molecule has 2 rings (SSSR count). The van der Waals surface area contributed by atoms with Gasteiger partial charge in [-0.25, -0.2) is 0 Å². The van der Waals surface area contributed by atoms with Gasteiger partial charge in [-0.3, -0.25) is 0 Å². The van der Waals surface area contributed by atoms with Crippen LogP contribution in [0.4, 0.5) is 0 Å². The van der Waals surface area contributed by atoms with Crippen molar-refractivity contribution < 1.29 is 5.11 Å². The first kappa shape index (κ1) is 10.7. The standard InChI is InChI=1S/C14H20O/c1-10(2)12-5-6-13(11(3)9-12)14(15)7-4-8-14/h5-6,9-10,15H,4,7-8H2,1-3H3. The Morgan fingerprint density at radius 2 is 1.93 bits per heavy atom. The van der Waals surface area contributed by atoms with Gasteiger partial charge in [0.25, 0.3) is 0 Å². The van der Waals surface area contributed by atoms with E-state index < -0.39 is 5.60 Å². The molecule has 1 aliphatic carbocycles. The van der Waals surface area contributed by atoms with Crippen molar-refractivity contribution in [3.8, 4) is 0 Å². The van der Waals surface area contributed by atoms with E-state index in [1.165, 1.54) is 11.1 Å². The van der Waals surface area contributed by atoms with Gasteiger partial charge >= 0.3 is 0 Å². The van der Waals surface area contributed by atoms with Crippen molar-refractivity contribution in [1.82, 2.24) is 0 Å². The van der Waals surface area contributed by atoms with Crippen LogP contribution in [0.3, 0.4) is 0 Å². The van der Waals surface area contributed by atoms with Gasteiger partial charge in [0.15, 0.2) is 0 Å². The van der Waals surface area contributed by atoms with Crippen molar-refractivity contribution in [2.75, 3.05) is 0 Å². The molecular weight excluding hydrogens is 184 g/mol. The molecule has 0 aliphatic heterocycles. The summed E-state index contributed by atoms with van der Waals surface area (Å²) in [7, 11) is 0. The number of hydrogen-bond acceptors (Lipinski definition) is 1. The molecule has 1 nitrogen and oxygen atoms in total. The van der Waals surface area contributed by atoms with Gasteiger partial charge in [0.1, 0.15) is 0 Å². The molecule has 0 heterocycles. The molecule has 15 heavy (non-hydrogen) atoms. The summed E-state index contributed by atoms with van der Waals surface area (Å²) in [5.41, 5.74) is 3.22. The Morgan fingerprint density at radius 3 is 2.33 bits per heavy atom. The first-order chi connectivity index (χ1) is 7.03. The van der Waals surface area contributed by atoms with Crippen LogP contribution in [0.25, 0.3) is 0 Å². The van der Waals surface area contributed by atoms with E-state index in [9.17, 15) is 5.11 Å². The zero-order valence-electron chi connectivity index (χ0n) is 9.88. The maximum absolute atomic E-state index is 10.3. The molecule has 1 aromatic carbocycles. The van der Waals surface area contributed by atoms with Crippen LogP contribution in [-0.4, -0.2) is 5.11 Å². The lowest BCUT2D eigenvalue weighted by atomic mass is 9.73. The van der Waals surface area contributed by atoms with Crippen molar-refractivity contribution in [2.45, 2.75) is 51.6 Å². The lowest BCUT2D eigenvalue weighted by Gasteiger charge is -2.38. The lowest BCUT2D eigenvalue weighted by Crippen LogP contribution is -2.34. The fourth-order valence-corrected chi connectivity index (χ4v) is 2.35. The first-order valence-corrected chi connectivity index (χ1v) is 5.86. The summed E-state index contributed by atoms with van der Waals surface area (Å²) in [6.45, 7) is 6.51. The second-order valence-electron chi connectivity index (χ2n) is 5.11. The van der Waals surface area contributed by atoms with Crippen LogP contribution in [0.15, 0.2) is 18.2 Å². The van der Waals surface area contributed by atoms with E-state index in [1.54, 1.807) is 0 Å². The molecule has 0 aromatic heterocycles. The molecule has 1 saturated carbocycles. The smallest absolute Gasteiger partial charge is 0.0899 e. The number of aliphatic hydroxyl groups is 1. The van der Waals surface area contributed by atoms with Crippen molar-refractivity contribution in [1.29, 1.82) is 0 Å². The van der Waals surface area contributed by atoms with E-state index in [2.05, 4.69) is 39.0 Å². The largest absolute Gasteiger partial charge is 0.385 e. The topological polar surface area (TPSA) is 20.2 Å². The predicted octanol–water partition coefficient (Wildman–Crippen LogP) is 3.49. The maximum atomic E-state index is 10.3. The molecule has 1 fully saturated rings. The number of rotatable bonds is 2. The zero-order chi connectivity index (χ0) is 11.1. The van der Waals surface area contributed by atoms with Crippen LogP contribution in [-0.2, 0) is 5.60 Å². The molecule has 0 amide bonds. The van der Waals surface area contributed by atoms with Gasteiger partial charge in [-0.05, 0) is 48.8 Å². The Balaban J connectivity index is 2.34. The summed E-state index contributed by atoms with van der Waals surface area (Å²) in [6, 6.07) is 6.49. The van der Waals surface area contributed by atoms with Crippen LogP contribution in [0.1, 0.15) is 55.7 Å². The Bertz CT molecular complexity index is 362. The molecule has 82 valence electrons. The summed E-state index contributed by atoms with van der Waals surface area (Å²) in [6.07, 6.45) is 3.01. The molecular formula is C14H20O. The van der Waals surface area contributed by atoms with Crippen molar-refractivity contribution >= 4 is 0 Å². The fourth-order valence-electron chi connectivity index (χ4n) is 2.35. The molecule has 0 saturated heterocycles. The molecule has 1 aromatic rings. The third kappa shape index (κ3) is 1.81. The monoisotopic (exact) mass is 204 g/mol. The van der Waals surface area contributed by atoms with Crippen LogP contribution >= 0.6 is 0 Å². The van der Waals surface area contributed by atoms with Crippen molar-refractivity contribution in [2.24, 2.45) is 0 Å². The fraction of sp³-hybridized carbons (Fsp3) is 0.571. The van der Waals surface area contributed by atoms with Gasteiger partial charge in [-0.2, -0.15) is 0 Å². The molecule has 1 heteroatoms. The molecule has 0 unspecified atom stereocenters. The minimum absolute atomic E-state index is 0.514. The average molecular weight is 204 g/mol. The van der Waals surface area contributed by atoms with Gasteiger partial charge < -0.3 is 5.11 Å². The minimum Gasteiger partial charge on any atom is -0.385 e. The first-order valence-electron chi connectivity index (χ1n) is 5.86.